The summed E-state index contributed by atoms with van der Waals surface area (Å²) >= 11 is 9.72. The maximum atomic E-state index is 13.2. The van der Waals surface area contributed by atoms with Crippen molar-refractivity contribution in [1.82, 2.24) is 0 Å². The zero-order valence-corrected chi connectivity index (χ0v) is 17.0. The normalized spacial score (nSPS) is 16.8. The number of rotatable bonds is 5. The SMILES string of the molecule is O=C(Nc1ccc(F)c(Cl)c1)c1ccc(I)c(SCC2CCCO2)c1. The number of ether oxygens (including phenoxy) is 1. The number of thioether (sulfide) groups is 1. The minimum Gasteiger partial charge on any atom is -0.377 e. The van der Waals surface area contributed by atoms with Crippen molar-refractivity contribution in [1.29, 1.82) is 0 Å². The molecule has 1 amide bonds. The summed E-state index contributed by atoms with van der Waals surface area (Å²) in [6.45, 7) is 0.838. The van der Waals surface area contributed by atoms with Crippen LogP contribution in [0.5, 0.6) is 0 Å². The van der Waals surface area contributed by atoms with Gasteiger partial charge in [-0.25, -0.2) is 4.39 Å². The molecule has 1 unspecified atom stereocenters. The van der Waals surface area contributed by atoms with Gasteiger partial charge in [-0.2, -0.15) is 0 Å². The minimum absolute atomic E-state index is 0.0202. The van der Waals surface area contributed by atoms with Crippen LogP contribution in [-0.2, 0) is 4.74 Å². The molecule has 0 aromatic heterocycles. The zero-order chi connectivity index (χ0) is 17.8. The summed E-state index contributed by atoms with van der Waals surface area (Å²) in [4.78, 5) is 13.5. The van der Waals surface area contributed by atoms with Gasteiger partial charge in [0.15, 0.2) is 0 Å². The van der Waals surface area contributed by atoms with Gasteiger partial charge in [0.1, 0.15) is 5.82 Å². The van der Waals surface area contributed by atoms with E-state index in [1.54, 1.807) is 17.8 Å². The van der Waals surface area contributed by atoms with Crippen LogP contribution in [0.25, 0.3) is 0 Å². The maximum Gasteiger partial charge on any atom is 0.255 e. The molecule has 0 bridgehead atoms. The van der Waals surface area contributed by atoms with Crippen molar-refractivity contribution in [2.24, 2.45) is 0 Å². The van der Waals surface area contributed by atoms with Crippen LogP contribution in [-0.4, -0.2) is 24.4 Å². The molecule has 1 saturated heterocycles. The Morgan fingerprint density at radius 1 is 1.36 bits per heavy atom. The van der Waals surface area contributed by atoms with Crippen molar-refractivity contribution in [3.63, 3.8) is 0 Å². The number of nitrogens with one attached hydrogen (secondary N) is 1. The van der Waals surface area contributed by atoms with Gasteiger partial charge in [0.05, 0.1) is 11.1 Å². The Bertz CT molecular complexity index is 784. The van der Waals surface area contributed by atoms with Gasteiger partial charge >= 0.3 is 0 Å². The van der Waals surface area contributed by atoms with Crippen molar-refractivity contribution >= 4 is 57.5 Å². The van der Waals surface area contributed by atoms with Crippen molar-refractivity contribution < 1.29 is 13.9 Å². The van der Waals surface area contributed by atoms with Gasteiger partial charge in [-0.15, -0.1) is 11.8 Å². The van der Waals surface area contributed by atoms with E-state index in [1.807, 2.05) is 12.1 Å². The molecule has 7 heteroatoms. The first-order chi connectivity index (χ1) is 12.0. The Morgan fingerprint density at radius 3 is 2.92 bits per heavy atom. The second-order valence-corrected chi connectivity index (χ2v) is 8.31. The average molecular weight is 492 g/mol. The smallest absolute Gasteiger partial charge is 0.255 e. The topological polar surface area (TPSA) is 38.3 Å². The molecule has 1 aliphatic rings. The van der Waals surface area contributed by atoms with Gasteiger partial charge in [-0.3, -0.25) is 4.79 Å². The number of carbonyl (C=O) groups excluding carboxylic acids is 1. The molecular weight excluding hydrogens is 476 g/mol. The van der Waals surface area contributed by atoms with E-state index in [9.17, 15) is 9.18 Å². The fraction of sp³-hybridized carbons (Fsp3) is 0.278. The zero-order valence-electron chi connectivity index (χ0n) is 13.2. The van der Waals surface area contributed by atoms with E-state index in [0.717, 1.165) is 33.7 Å². The molecule has 2 aromatic rings. The van der Waals surface area contributed by atoms with Gasteiger partial charge in [0, 0.05) is 32.1 Å². The highest BCUT2D eigenvalue weighted by Gasteiger charge is 2.17. The summed E-state index contributed by atoms with van der Waals surface area (Å²) in [6, 6.07) is 9.69. The van der Waals surface area contributed by atoms with Crippen molar-refractivity contribution in [2.45, 2.75) is 23.8 Å². The van der Waals surface area contributed by atoms with Crippen LogP contribution in [0.4, 0.5) is 10.1 Å². The number of amides is 1. The Morgan fingerprint density at radius 2 is 2.20 bits per heavy atom. The van der Waals surface area contributed by atoms with E-state index in [1.165, 1.54) is 18.2 Å². The Labute approximate surface area is 168 Å². The summed E-state index contributed by atoms with van der Waals surface area (Å²) < 4.78 is 20.0. The Balaban J connectivity index is 1.69. The molecule has 1 heterocycles. The molecule has 132 valence electrons. The lowest BCUT2D eigenvalue weighted by molar-refractivity contribution is 0.102. The number of hydrogen-bond acceptors (Lipinski definition) is 3. The minimum atomic E-state index is -0.512. The van der Waals surface area contributed by atoms with E-state index >= 15 is 0 Å². The molecule has 1 fully saturated rings. The number of carbonyl (C=O) groups is 1. The van der Waals surface area contributed by atoms with E-state index in [2.05, 4.69) is 27.9 Å². The molecular formula is C18H16ClFINO2S. The third-order valence-corrected chi connectivity index (χ3v) is 6.60. The van der Waals surface area contributed by atoms with Crippen molar-refractivity contribution in [2.75, 3.05) is 17.7 Å². The quantitative estimate of drug-likeness (QED) is 0.437. The highest BCUT2D eigenvalue weighted by Crippen LogP contribution is 2.29. The number of halogens is 3. The first-order valence-electron chi connectivity index (χ1n) is 7.83. The third kappa shape index (κ3) is 5.09. The van der Waals surface area contributed by atoms with E-state index < -0.39 is 5.82 Å². The van der Waals surface area contributed by atoms with Crippen LogP contribution in [0.3, 0.4) is 0 Å². The average Bonchev–Trinajstić information content (AvgIpc) is 3.11. The van der Waals surface area contributed by atoms with E-state index in [0.29, 0.717) is 17.4 Å². The molecule has 25 heavy (non-hydrogen) atoms. The molecule has 1 atom stereocenters. The lowest BCUT2D eigenvalue weighted by Gasteiger charge is -2.11. The van der Waals surface area contributed by atoms with Gasteiger partial charge < -0.3 is 10.1 Å². The molecule has 0 radical (unpaired) electrons. The second-order valence-electron chi connectivity index (χ2n) is 5.67. The molecule has 3 rings (SSSR count). The standard InChI is InChI=1S/C18H16ClFINO2S/c19-14-9-12(4-5-15(14)20)22-18(23)11-3-6-16(21)17(8-11)25-10-13-2-1-7-24-13/h3-6,8-9,13H,1-2,7,10H2,(H,22,23). The number of anilines is 1. The molecule has 0 spiro atoms. The fourth-order valence-electron chi connectivity index (χ4n) is 2.49. The van der Waals surface area contributed by atoms with E-state index in [-0.39, 0.29) is 10.9 Å². The van der Waals surface area contributed by atoms with Crippen LogP contribution in [0.2, 0.25) is 5.02 Å². The van der Waals surface area contributed by atoms with Crippen LogP contribution in [0.15, 0.2) is 41.3 Å². The summed E-state index contributed by atoms with van der Waals surface area (Å²) in [5.41, 5.74) is 1.01. The predicted octanol–water partition coefficient (Wildman–Crippen LogP) is 5.61. The lowest BCUT2D eigenvalue weighted by atomic mass is 10.2. The highest BCUT2D eigenvalue weighted by molar-refractivity contribution is 14.1. The van der Waals surface area contributed by atoms with Gasteiger partial charge in [-0.05, 0) is 71.8 Å². The summed E-state index contributed by atoms with van der Waals surface area (Å²) in [6.07, 6.45) is 2.50. The van der Waals surface area contributed by atoms with Crippen molar-refractivity contribution in [3.05, 3.63) is 56.4 Å². The van der Waals surface area contributed by atoms with Crippen LogP contribution in [0.1, 0.15) is 23.2 Å². The molecule has 1 N–H and O–H groups in total. The highest BCUT2D eigenvalue weighted by atomic mass is 127. The largest absolute Gasteiger partial charge is 0.377 e. The van der Waals surface area contributed by atoms with Crippen LogP contribution >= 0.6 is 46.0 Å². The number of hydrogen-bond donors (Lipinski definition) is 1. The molecule has 0 saturated carbocycles. The molecule has 0 aliphatic carbocycles. The predicted molar refractivity (Wildman–Crippen MR) is 108 cm³/mol. The monoisotopic (exact) mass is 491 g/mol. The molecule has 3 nitrogen and oxygen atoms in total. The maximum absolute atomic E-state index is 13.2. The molecule has 1 aliphatic heterocycles. The Kier molecular flexibility index (Phi) is 6.60. The number of benzene rings is 2. The third-order valence-electron chi connectivity index (χ3n) is 3.82. The lowest BCUT2D eigenvalue weighted by Crippen LogP contribution is -2.12. The van der Waals surface area contributed by atoms with Gasteiger partial charge in [0.25, 0.3) is 5.91 Å². The van der Waals surface area contributed by atoms with Crippen LogP contribution < -0.4 is 5.32 Å². The molecule has 2 aromatic carbocycles. The summed E-state index contributed by atoms with van der Waals surface area (Å²) in [7, 11) is 0. The van der Waals surface area contributed by atoms with E-state index in [4.69, 9.17) is 16.3 Å². The van der Waals surface area contributed by atoms with Crippen molar-refractivity contribution in [3.8, 4) is 0 Å². The summed E-state index contributed by atoms with van der Waals surface area (Å²) in [5, 5.41) is 2.72. The first kappa shape index (κ1) is 18.9. The van der Waals surface area contributed by atoms with Crippen LogP contribution in [0, 0.1) is 9.39 Å². The second kappa shape index (κ2) is 8.70. The first-order valence-corrected chi connectivity index (χ1v) is 10.3. The summed E-state index contributed by atoms with van der Waals surface area (Å²) in [5.74, 6) is 0.119. The fourth-order valence-corrected chi connectivity index (χ4v) is 4.52. The Hall–Kier alpha value is -0.830. The van der Waals surface area contributed by atoms with Gasteiger partial charge in [0.2, 0.25) is 0 Å². The van der Waals surface area contributed by atoms with Gasteiger partial charge in [-0.1, -0.05) is 11.6 Å².